The second kappa shape index (κ2) is 10.3. The second-order valence-electron chi connectivity index (χ2n) is 8.68. The Bertz CT molecular complexity index is 1340. The number of aromatic nitrogens is 2. The summed E-state index contributed by atoms with van der Waals surface area (Å²) < 4.78 is 1.97. The molecule has 6 heteroatoms. The Morgan fingerprint density at radius 2 is 1.74 bits per heavy atom. The lowest BCUT2D eigenvalue weighted by Crippen LogP contribution is -2.25. The average Bonchev–Trinajstić information content (AvgIpc) is 3.16. The van der Waals surface area contributed by atoms with Gasteiger partial charge in [0, 0.05) is 24.2 Å². The summed E-state index contributed by atoms with van der Waals surface area (Å²) in [4.78, 5) is 30.0. The molecule has 0 aliphatic carbocycles. The van der Waals surface area contributed by atoms with Crippen LogP contribution in [0.25, 0.3) is 11.0 Å². The van der Waals surface area contributed by atoms with E-state index in [1.54, 1.807) is 0 Å². The van der Waals surface area contributed by atoms with Crippen molar-refractivity contribution in [2.75, 3.05) is 11.9 Å². The number of hydrogen-bond donors (Lipinski definition) is 2. The Morgan fingerprint density at radius 3 is 2.53 bits per heavy atom. The predicted octanol–water partition coefficient (Wildman–Crippen LogP) is 4.96. The van der Waals surface area contributed by atoms with Gasteiger partial charge in [0.15, 0.2) is 0 Å². The van der Waals surface area contributed by atoms with Crippen LogP contribution in [0.1, 0.15) is 39.3 Å². The van der Waals surface area contributed by atoms with Gasteiger partial charge in [0.05, 0.1) is 11.0 Å². The number of carbonyl (C=O) groups is 2. The molecular weight excluding hydrogens is 424 g/mol. The smallest absolute Gasteiger partial charge is 0.251 e. The summed E-state index contributed by atoms with van der Waals surface area (Å²) >= 11 is 0. The SMILES string of the molecule is Cc1cccc(C(=O)NCCCc2nc3ccccc3n2CC(=O)Nc2ccc(C)c(C)c2)c1. The third-order valence-corrected chi connectivity index (χ3v) is 5.97. The van der Waals surface area contributed by atoms with E-state index in [9.17, 15) is 9.59 Å². The van der Waals surface area contributed by atoms with Crippen molar-refractivity contribution in [2.45, 2.75) is 40.2 Å². The standard InChI is InChI=1S/C28H30N4O2/c1-19-8-6-9-22(16-19)28(34)29-15-7-12-26-31-24-10-4-5-11-25(24)32(26)18-27(33)30-23-14-13-20(2)21(3)17-23/h4-6,8-11,13-14,16-17H,7,12,15,18H2,1-3H3,(H,29,34)(H,30,33). The first-order chi connectivity index (χ1) is 16.4. The summed E-state index contributed by atoms with van der Waals surface area (Å²) in [7, 11) is 0. The predicted molar refractivity (Wildman–Crippen MR) is 136 cm³/mol. The van der Waals surface area contributed by atoms with E-state index in [4.69, 9.17) is 4.98 Å². The number of carbonyl (C=O) groups excluding carboxylic acids is 2. The number of hydrogen-bond acceptors (Lipinski definition) is 3. The van der Waals surface area contributed by atoms with Crippen LogP contribution in [0, 0.1) is 20.8 Å². The lowest BCUT2D eigenvalue weighted by atomic mass is 10.1. The van der Waals surface area contributed by atoms with Crippen LogP contribution in [0.15, 0.2) is 66.7 Å². The quantitative estimate of drug-likeness (QED) is 0.369. The van der Waals surface area contributed by atoms with Crippen LogP contribution in [-0.2, 0) is 17.8 Å². The molecule has 34 heavy (non-hydrogen) atoms. The van der Waals surface area contributed by atoms with Gasteiger partial charge < -0.3 is 15.2 Å². The van der Waals surface area contributed by atoms with E-state index in [0.717, 1.165) is 40.1 Å². The van der Waals surface area contributed by atoms with Crippen molar-refractivity contribution >= 4 is 28.5 Å². The first-order valence-electron chi connectivity index (χ1n) is 11.6. The number of anilines is 1. The maximum absolute atomic E-state index is 12.9. The molecule has 3 aromatic carbocycles. The van der Waals surface area contributed by atoms with Crippen LogP contribution in [0.3, 0.4) is 0 Å². The number of rotatable bonds is 8. The Labute approximate surface area is 200 Å². The van der Waals surface area contributed by atoms with Crippen LogP contribution < -0.4 is 10.6 Å². The highest BCUT2D eigenvalue weighted by atomic mass is 16.2. The molecule has 4 rings (SSSR count). The summed E-state index contributed by atoms with van der Waals surface area (Å²) in [6.45, 7) is 6.76. The molecule has 0 saturated heterocycles. The Morgan fingerprint density at radius 1 is 0.912 bits per heavy atom. The molecule has 1 aromatic heterocycles. The maximum Gasteiger partial charge on any atom is 0.251 e. The highest BCUT2D eigenvalue weighted by Crippen LogP contribution is 2.18. The van der Waals surface area contributed by atoms with Crippen molar-refractivity contribution in [3.8, 4) is 0 Å². The molecule has 0 fully saturated rings. The number of nitrogens with one attached hydrogen (secondary N) is 2. The number of nitrogens with zero attached hydrogens (tertiary/aromatic N) is 2. The molecule has 2 N–H and O–H groups in total. The van der Waals surface area contributed by atoms with Crippen LogP contribution in [-0.4, -0.2) is 27.9 Å². The molecule has 0 radical (unpaired) electrons. The number of para-hydroxylation sites is 2. The van der Waals surface area contributed by atoms with Crippen molar-refractivity contribution in [3.05, 3.63) is 94.8 Å². The van der Waals surface area contributed by atoms with Crippen molar-refractivity contribution in [3.63, 3.8) is 0 Å². The van der Waals surface area contributed by atoms with Gasteiger partial charge >= 0.3 is 0 Å². The zero-order valence-corrected chi connectivity index (χ0v) is 19.9. The van der Waals surface area contributed by atoms with E-state index in [0.29, 0.717) is 18.5 Å². The third-order valence-electron chi connectivity index (χ3n) is 5.97. The van der Waals surface area contributed by atoms with E-state index >= 15 is 0 Å². The molecule has 6 nitrogen and oxygen atoms in total. The average molecular weight is 455 g/mol. The molecule has 0 saturated carbocycles. The summed E-state index contributed by atoms with van der Waals surface area (Å²) in [6.07, 6.45) is 1.37. The van der Waals surface area contributed by atoms with Gasteiger partial charge in [0.2, 0.25) is 5.91 Å². The van der Waals surface area contributed by atoms with E-state index in [2.05, 4.69) is 10.6 Å². The second-order valence-corrected chi connectivity index (χ2v) is 8.68. The molecule has 0 aliphatic rings. The summed E-state index contributed by atoms with van der Waals surface area (Å²) in [5.41, 5.74) is 6.63. The van der Waals surface area contributed by atoms with Gasteiger partial charge in [-0.2, -0.15) is 0 Å². The molecule has 4 aromatic rings. The summed E-state index contributed by atoms with van der Waals surface area (Å²) in [5.74, 6) is 0.659. The first kappa shape index (κ1) is 23.2. The van der Waals surface area contributed by atoms with Crippen LogP contribution >= 0.6 is 0 Å². The minimum Gasteiger partial charge on any atom is -0.352 e. The fraction of sp³-hybridized carbons (Fsp3) is 0.250. The highest BCUT2D eigenvalue weighted by molar-refractivity contribution is 5.94. The largest absolute Gasteiger partial charge is 0.352 e. The van der Waals surface area contributed by atoms with E-state index in [-0.39, 0.29) is 18.4 Å². The normalized spacial score (nSPS) is 10.9. The van der Waals surface area contributed by atoms with Gasteiger partial charge in [-0.25, -0.2) is 4.98 Å². The summed E-state index contributed by atoms with van der Waals surface area (Å²) in [6, 6.07) is 21.3. The molecule has 1 heterocycles. The van der Waals surface area contributed by atoms with E-state index in [1.807, 2.05) is 92.1 Å². The molecule has 0 bridgehead atoms. The van der Waals surface area contributed by atoms with Gasteiger partial charge in [-0.15, -0.1) is 0 Å². The molecule has 0 aliphatic heterocycles. The molecular formula is C28H30N4O2. The highest BCUT2D eigenvalue weighted by Gasteiger charge is 2.14. The number of benzene rings is 3. The van der Waals surface area contributed by atoms with E-state index in [1.165, 1.54) is 5.56 Å². The zero-order chi connectivity index (χ0) is 24.1. The molecule has 0 unspecified atom stereocenters. The molecule has 0 spiro atoms. The zero-order valence-electron chi connectivity index (χ0n) is 19.9. The number of aryl methyl sites for hydroxylation is 4. The monoisotopic (exact) mass is 454 g/mol. The molecule has 2 amide bonds. The third kappa shape index (κ3) is 5.52. The van der Waals surface area contributed by atoms with Crippen molar-refractivity contribution in [2.24, 2.45) is 0 Å². The summed E-state index contributed by atoms with van der Waals surface area (Å²) in [5, 5.41) is 5.98. The van der Waals surface area contributed by atoms with Crippen LogP contribution in [0.4, 0.5) is 5.69 Å². The Hall–Kier alpha value is -3.93. The lowest BCUT2D eigenvalue weighted by molar-refractivity contribution is -0.116. The Balaban J connectivity index is 1.42. The van der Waals surface area contributed by atoms with Crippen molar-refractivity contribution < 1.29 is 9.59 Å². The fourth-order valence-corrected chi connectivity index (χ4v) is 3.99. The van der Waals surface area contributed by atoms with Crippen molar-refractivity contribution in [1.82, 2.24) is 14.9 Å². The van der Waals surface area contributed by atoms with Gasteiger partial charge in [-0.3, -0.25) is 9.59 Å². The van der Waals surface area contributed by atoms with Gasteiger partial charge in [0.1, 0.15) is 12.4 Å². The molecule has 174 valence electrons. The van der Waals surface area contributed by atoms with E-state index < -0.39 is 0 Å². The van der Waals surface area contributed by atoms with Crippen LogP contribution in [0.2, 0.25) is 0 Å². The maximum atomic E-state index is 12.9. The van der Waals surface area contributed by atoms with Gasteiger partial charge in [-0.1, -0.05) is 35.9 Å². The first-order valence-corrected chi connectivity index (χ1v) is 11.6. The minimum atomic E-state index is -0.0968. The topological polar surface area (TPSA) is 76.0 Å². The van der Waals surface area contributed by atoms with Gasteiger partial charge in [-0.05, 0) is 74.7 Å². The Kier molecular flexibility index (Phi) is 7.07. The number of amides is 2. The minimum absolute atomic E-state index is 0.0787. The van der Waals surface area contributed by atoms with Crippen LogP contribution in [0.5, 0.6) is 0 Å². The lowest BCUT2D eigenvalue weighted by Gasteiger charge is -2.11. The number of fused-ring (bicyclic) bond motifs is 1. The van der Waals surface area contributed by atoms with Crippen molar-refractivity contribution in [1.29, 1.82) is 0 Å². The fourth-order valence-electron chi connectivity index (χ4n) is 3.99. The molecule has 0 atom stereocenters. The van der Waals surface area contributed by atoms with Gasteiger partial charge in [0.25, 0.3) is 5.91 Å². The number of imidazole rings is 1.